The molecule has 1 rings (SSSR count). The number of carbonyl (C=O) groups is 3. The first kappa shape index (κ1) is 23.7. The van der Waals surface area contributed by atoms with E-state index in [-0.39, 0.29) is 18.4 Å². The van der Waals surface area contributed by atoms with Crippen molar-refractivity contribution in [3.8, 4) is 0 Å². The Labute approximate surface area is 166 Å². The van der Waals surface area contributed by atoms with Crippen molar-refractivity contribution in [3.63, 3.8) is 0 Å². The number of nitrogens with zero attached hydrogens (tertiary/aromatic N) is 1. The SMILES string of the molecule is CC(C)(C)OC(=O)NC(=N)N(CC1CCC(C(=O)O)CC1)C(=O)OC(C)(C)C. The van der Waals surface area contributed by atoms with E-state index in [1.165, 1.54) is 0 Å². The Hall–Kier alpha value is -2.32. The zero-order valence-electron chi connectivity index (χ0n) is 17.6. The van der Waals surface area contributed by atoms with E-state index in [9.17, 15) is 14.4 Å². The predicted molar refractivity (Wildman–Crippen MR) is 103 cm³/mol. The highest BCUT2D eigenvalue weighted by molar-refractivity contribution is 5.99. The smallest absolute Gasteiger partial charge is 0.417 e. The van der Waals surface area contributed by atoms with E-state index in [2.05, 4.69) is 5.32 Å². The minimum atomic E-state index is -0.833. The van der Waals surface area contributed by atoms with Crippen LogP contribution in [-0.2, 0) is 14.3 Å². The van der Waals surface area contributed by atoms with E-state index in [0.717, 1.165) is 4.90 Å². The van der Waals surface area contributed by atoms with Crippen LogP contribution in [0.5, 0.6) is 0 Å². The molecule has 0 spiro atoms. The summed E-state index contributed by atoms with van der Waals surface area (Å²) in [5.41, 5.74) is -1.50. The second-order valence-electron chi connectivity index (χ2n) is 9.12. The highest BCUT2D eigenvalue weighted by Gasteiger charge is 2.32. The Bertz CT molecular complexity index is 598. The Morgan fingerprint density at radius 3 is 1.93 bits per heavy atom. The lowest BCUT2D eigenvalue weighted by Gasteiger charge is -2.33. The van der Waals surface area contributed by atoms with Crippen LogP contribution in [0.25, 0.3) is 0 Å². The molecule has 0 aromatic heterocycles. The summed E-state index contributed by atoms with van der Waals surface area (Å²) in [6.45, 7) is 10.4. The number of aliphatic carboxylic acids is 1. The summed E-state index contributed by atoms with van der Waals surface area (Å²) in [6, 6.07) is 0. The van der Waals surface area contributed by atoms with Gasteiger partial charge in [0.1, 0.15) is 11.2 Å². The standard InChI is InChI=1S/C19H33N3O6/c1-18(2,3)27-16(25)21-15(20)22(17(26)28-19(4,5)6)11-12-7-9-13(10-8-12)14(23)24/h12-13H,7-11H2,1-6H3,(H,23,24)(H2,20,21,25). The first-order valence-corrected chi connectivity index (χ1v) is 9.50. The number of hydrogen-bond acceptors (Lipinski definition) is 6. The molecule has 0 atom stereocenters. The third kappa shape index (κ3) is 8.58. The van der Waals surface area contributed by atoms with Crippen molar-refractivity contribution in [1.29, 1.82) is 5.41 Å². The van der Waals surface area contributed by atoms with E-state index in [4.69, 9.17) is 20.0 Å². The molecule has 0 aromatic rings. The molecular formula is C19H33N3O6. The first-order chi connectivity index (χ1) is 12.7. The highest BCUT2D eigenvalue weighted by atomic mass is 16.6. The lowest BCUT2D eigenvalue weighted by molar-refractivity contribution is -0.143. The fourth-order valence-electron chi connectivity index (χ4n) is 2.89. The summed E-state index contributed by atoms with van der Waals surface area (Å²) in [7, 11) is 0. The Balaban J connectivity index is 2.82. The molecule has 0 aromatic carbocycles. The fraction of sp³-hybridized carbons (Fsp3) is 0.789. The number of ether oxygens (including phenoxy) is 2. The normalized spacial score (nSPS) is 20.1. The molecule has 0 aliphatic heterocycles. The maximum Gasteiger partial charge on any atom is 0.417 e. The maximum absolute atomic E-state index is 12.6. The van der Waals surface area contributed by atoms with Crippen molar-refractivity contribution in [2.45, 2.75) is 78.4 Å². The molecule has 2 amide bonds. The van der Waals surface area contributed by atoms with Crippen molar-refractivity contribution in [1.82, 2.24) is 10.2 Å². The number of carbonyl (C=O) groups excluding carboxylic acids is 2. The number of hydrogen-bond donors (Lipinski definition) is 3. The van der Waals surface area contributed by atoms with Gasteiger partial charge in [-0.05, 0) is 73.1 Å². The van der Waals surface area contributed by atoms with Gasteiger partial charge in [0, 0.05) is 6.54 Å². The molecule has 1 fully saturated rings. The average Bonchev–Trinajstić information content (AvgIpc) is 2.49. The molecule has 0 heterocycles. The van der Waals surface area contributed by atoms with Gasteiger partial charge in [0.05, 0.1) is 5.92 Å². The van der Waals surface area contributed by atoms with Crippen LogP contribution in [0.1, 0.15) is 67.2 Å². The number of carboxylic acids is 1. The van der Waals surface area contributed by atoms with E-state index >= 15 is 0 Å². The quantitative estimate of drug-likeness (QED) is 0.491. The third-order valence-corrected chi connectivity index (χ3v) is 4.14. The van der Waals surface area contributed by atoms with Gasteiger partial charge in [-0.3, -0.25) is 15.5 Å². The summed E-state index contributed by atoms with van der Waals surface area (Å²) < 4.78 is 10.5. The van der Waals surface area contributed by atoms with Gasteiger partial charge in [-0.15, -0.1) is 0 Å². The Kier molecular flexibility index (Phi) is 7.84. The molecule has 1 aliphatic carbocycles. The molecule has 1 aliphatic rings. The molecule has 1 saturated carbocycles. The van der Waals surface area contributed by atoms with Crippen molar-refractivity contribution in [2.24, 2.45) is 11.8 Å². The summed E-state index contributed by atoms with van der Waals surface area (Å²) >= 11 is 0. The molecule has 3 N–H and O–H groups in total. The Morgan fingerprint density at radius 1 is 1.00 bits per heavy atom. The van der Waals surface area contributed by atoms with Gasteiger partial charge in [0.2, 0.25) is 5.96 Å². The zero-order chi connectivity index (χ0) is 21.7. The van der Waals surface area contributed by atoms with Crippen molar-refractivity contribution >= 4 is 24.1 Å². The second kappa shape index (κ2) is 9.25. The third-order valence-electron chi connectivity index (χ3n) is 4.14. The van der Waals surface area contributed by atoms with Gasteiger partial charge in [-0.2, -0.15) is 0 Å². The molecule has 0 radical (unpaired) electrons. The highest BCUT2D eigenvalue weighted by Crippen LogP contribution is 2.30. The van der Waals surface area contributed by atoms with Crippen LogP contribution in [0.3, 0.4) is 0 Å². The molecule has 28 heavy (non-hydrogen) atoms. The van der Waals surface area contributed by atoms with E-state index in [1.807, 2.05) is 0 Å². The van der Waals surface area contributed by atoms with Crippen LogP contribution in [0.4, 0.5) is 9.59 Å². The summed E-state index contributed by atoms with van der Waals surface area (Å²) in [5.74, 6) is -1.58. The minimum absolute atomic E-state index is 0.0175. The molecule has 9 heteroatoms. The zero-order valence-corrected chi connectivity index (χ0v) is 17.6. The Morgan fingerprint density at radius 2 is 1.50 bits per heavy atom. The molecular weight excluding hydrogens is 366 g/mol. The number of carboxylic acid groups (broad SMARTS) is 1. The lowest BCUT2D eigenvalue weighted by atomic mass is 9.82. The maximum atomic E-state index is 12.6. The fourth-order valence-corrected chi connectivity index (χ4v) is 2.89. The lowest BCUT2D eigenvalue weighted by Crippen LogP contribution is -2.51. The van der Waals surface area contributed by atoms with Gasteiger partial charge in [-0.1, -0.05) is 0 Å². The van der Waals surface area contributed by atoms with Crippen LogP contribution in [0, 0.1) is 17.2 Å². The van der Waals surface area contributed by atoms with Crippen LogP contribution in [0.15, 0.2) is 0 Å². The number of nitrogens with one attached hydrogen (secondary N) is 2. The van der Waals surface area contributed by atoms with Crippen LogP contribution in [-0.4, -0.2) is 51.9 Å². The largest absolute Gasteiger partial charge is 0.481 e. The summed E-state index contributed by atoms with van der Waals surface area (Å²) in [5, 5.41) is 19.6. The van der Waals surface area contributed by atoms with Crippen LogP contribution >= 0.6 is 0 Å². The molecule has 160 valence electrons. The van der Waals surface area contributed by atoms with Gasteiger partial charge >= 0.3 is 18.2 Å². The number of alkyl carbamates (subject to hydrolysis) is 1. The predicted octanol–water partition coefficient (Wildman–Crippen LogP) is 3.57. The number of rotatable bonds is 3. The molecule has 9 nitrogen and oxygen atoms in total. The van der Waals surface area contributed by atoms with Gasteiger partial charge < -0.3 is 14.6 Å². The van der Waals surface area contributed by atoms with Gasteiger partial charge in [0.25, 0.3) is 0 Å². The average molecular weight is 399 g/mol. The van der Waals surface area contributed by atoms with Crippen molar-refractivity contribution in [2.75, 3.05) is 6.54 Å². The van der Waals surface area contributed by atoms with E-state index in [0.29, 0.717) is 25.7 Å². The van der Waals surface area contributed by atoms with Crippen molar-refractivity contribution in [3.05, 3.63) is 0 Å². The topological polar surface area (TPSA) is 129 Å². The second-order valence-corrected chi connectivity index (χ2v) is 9.12. The molecule has 0 bridgehead atoms. The van der Waals surface area contributed by atoms with E-state index < -0.39 is 35.3 Å². The number of amides is 2. The van der Waals surface area contributed by atoms with Gasteiger partial charge in [-0.25, -0.2) is 14.5 Å². The summed E-state index contributed by atoms with van der Waals surface area (Å²) in [4.78, 5) is 36.7. The minimum Gasteiger partial charge on any atom is -0.481 e. The number of guanidine groups is 1. The summed E-state index contributed by atoms with van der Waals surface area (Å²) in [6.07, 6.45) is 0.713. The van der Waals surface area contributed by atoms with E-state index in [1.54, 1.807) is 41.5 Å². The van der Waals surface area contributed by atoms with Crippen LogP contribution < -0.4 is 5.32 Å². The molecule has 0 unspecified atom stereocenters. The first-order valence-electron chi connectivity index (χ1n) is 9.50. The molecule has 0 saturated heterocycles. The van der Waals surface area contributed by atoms with Crippen molar-refractivity contribution < 1.29 is 29.0 Å². The van der Waals surface area contributed by atoms with Gasteiger partial charge in [0.15, 0.2) is 0 Å². The monoisotopic (exact) mass is 399 g/mol. The van der Waals surface area contributed by atoms with Crippen LogP contribution in [0.2, 0.25) is 0 Å².